The molecule has 2 aromatic rings. The SMILES string of the molecule is CCNC(=NCc1cccc(COC(C)C)c1)NCCn1cccc1. The van der Waals surface area contributed by atoms with Crippen molar-refractivity contribution in [3.05, 3.63) is 59.9 Å². The molecule has 0 unspecified atom stereocenters. The van der Waals surface area contributed by atoms with E-state index in [0.29, 0.717) is 13.2 Å². The number of ether oxygens (including phenoxy) is 1. The molecule has 1 aromatic carbocycles. The minimum Gasteiger partial charge on any atom is -0.374 e. The Kier molecular flexibility index (Phi) is 8.05. The summed E-state index contributed by atoms with van der Waals surface area (Å²) in [6, 6.07) is 12.5. The van der Waals surface area contributed by atoms with E-state index in [1.54, 1.807) is 0 Å². The Labute approximate surface area is 151 Å². The number of nitrogens with one attached hydrogen (secondary N) is 2. The zero-order chi connectivity index (χ0) is 17.9. The third kappa shape index (κ3) is 7.44. The van der Waals surface area contributed by atoms with Crippen LogP contribution in [0.25, 0.3) is 0 Å². The van der Waals surface area contributed by atoms with Crippen LogP contribution >= 0.6 is 0 Å². The van der Waals surface area contributed by atoms with Crippen molar-refractivity contribution in [2.75, 3.05) is 13.1 Å². The highest BCUT2D eigenvalue weighted by Crippen LogP contribution is 2.09. The molecule has 2 rings (SSSR count). The first-order chi connectivity index (χ1) is 12.2. The van der Waals surface area contributed by atoms with Gasteiger partial charge in [0.1, 0.15) is 0 Å². The highest BCUT2D eigenvalue weighted by Gasteiger charge is 2.00. The van der Waals surface area contributed by atoms with Crippen molar-refractivity contribution in [1.29, 1.82) is 0 Å². The van der Waals surface area contributed by atoms with Crippen LogP contribution < -0.4 is 10.6 Å². The van der Waals surface area contributed by atoms with Gasteiger partial charge in [-0.2, -0.15) is 0 Å². The van der Waals surface area contributed by atoms with Gasteiger partial charge in [0.2, 0.25) is 0 Å². The summed E-state index contributed by atoms with van der Waals surface area (Å²) in [6.45, 7) is 10.1. The van der Waals surface area contributed by atoms with E-state index in [0.717, 1.165) is 25.6 Å². The number of hydrogen-bond donors (Lipinski definition) is 2. The molecule has 5 heteroatoms. The molecule has 0 spiro atoms. The van der Waals surface area contributed by atoms with Crippen LogP contribution in [0.1, 0.15) is 31.9 Å². The lowest BCUT2D eigenvalue weighted by Gasteiger charge is -2.12. The molecule has 0 fully saturated rings. The number of benzene rings is 1. The molecule has 25 heavy (non-hydrogen) atoms. The summed E-state index contributed by atoms with van der Waals surface area (Å²) in [5.74, 6) is 0.846. The fourth-order valence-electron chi connectivity index (χ4n) is 2.42. The maximum atomic E-state index is 5.67. The van der Waals surface area contributed by atoms with Crippen molar-refractivity contribution in [3.8, 4) is 0 Å². The van der Waals surface area contributed by atoms with Crippen LogP contribution in [0, 0.1) is 0 Å². The predicted octanol–water partition coefficient (Wildman–Crippen LogP) is 3.17. The molecule has 0 saturated carbocycles. The normalized spacial score (nSPS) is 11.8. The van der Waals surface area contributed by atoms with Crippen molar-refractivity contribution in [1.82, 2.24) is 15.2 Å². The second kappa shape index (κ2) is 10.6. The van der Waals surface area contributed by atoms with Crippen molar-refractivity contribution in [2.24, 2.45) is 4.99 Å². The summed E-state index contributed by atoms with van der Waals surface area (Å²) >= 11 is 0. The lowest BCUT2D eigenvalue weighted by Crippen LogP contribution is -2.38. The number of aliphatic imine (C=N–C) groups is 1. The largest absolute Gasteiger partial charge is 0.374 e. The monoisotopic (exact) mass is 342 g/mol. The summed E-state index contributed by atoms with van der Waals surface area (Å²) in [7, 11) is 0. The van der Waals surface area contributed by atoms with Gasteiger partial charge in [0.05, 0.1) is 19.3 Å². The number of guanidine groups is 1. The lowest BCUT2D eigenvalue weighted by molar-refractivity contribution is 0.0657. The average molecular weight is 342 g/mol. The molecule has 0 aliphatic carbocycles. The minimum atomic E-state index is 0.242. The first kappa shape index (κ1) is 19.1. The Morgan fingerprint density at radius 2 is 1.88 bits per heavy atom. The zero-order valence-corrected chi connectivity index (χ0v) is 15.5. The van der Waals surface area contributed by atoms with E-state index >= 15 is 0 Å². The third-order valence-corrected chi connectivity index (χ3v) is 3.67. The van der Waals surface area contributed by atoms with Crippen molar-refractivity contribution in [2.45, 2.75) is 46.6 Å². The number of nitrogens with zero attached hydrogens (tertiary/aromatic N) is 2. The molecule has 0 saturated heterocycles. The molecule has 2 N–H and O–H groups in total. The maximum Gasteiger partial charge on any atom is 0.191 e. The standard InChI is InChI=1S/C20H30N4O/c1-4-21-20(22-10-13-24-11-5-6-12-24)23-15-18-8-7-9-19(14-18)16-25-17(2)3/h5-9,11-12,14,17H,4,10,13,15-16H2,1-3H3,(H2,21,22,23). The van der Waals surface area contributed by atoms with Crippen LogP contribution in [-0.2, 0) is 24.4 Å². The highest BCUT2D eigenvalue weighted by atomic mass is 16.5. The Bertz CT molecular complexity index is 635. The fraction of sp³-hybridized carbons (Fsp3) is 0.450. The minimum absolute atomic E-state index is 0.242. The second-order valence-corrected chi connectivity index (χ2v) is 6.22. The highest BCUT2D eigenvalue weighted by molar-refractivity contribution is 5.79. The number of rotatable bonds is 9. The van der Waals surface area contributed by atoms with Crippen molar-refractivity contribution < 1.29 is 4.74 Å². The van der Waals surface area contributed by atoms with Gasteiger partial charge < -0.3 is 19.9 Å². The summed E-state index contributed by atoms with van der Waals surface area (Å²) in [5.41, 5.74) is 2.37. The molecule has 5 nitrogen and oxygen atoms in total. The van der Waals surface area contributed by atoms with Gasteiger partial charge in [0.25, 0.3) is 0 Å². The number of aromatic nitrogens is 1. The van der Waals surface area contributed by atoms with Crippen LogP contribution in [0.3, 0.4) is 0 Å². The van der Waals surface area contributed by atoms with Gasteiger partial charge in [0, 0.05) is 32.0 Å². The van der Waals surface area contributed by atoms with Crippen LogP contribution in [0.5, 0.6) is 0 Å². The molecule has 0 radical (unpaired) electrons. The molecule has 0 atom stereocenters. The fourth-order valence-corrected chi connectivity index (χ4v) is 2.42. The lowest BCUT2D eigenvalue weighted by atomic mass is 10.1. The predicted molar refractivity (Wildman–Crippen MR) is 104 cm³/mol. The van der Waals surface area contributed by atoms with Gasteiger partial charge in [-0.3, -0.25) is 0 Å². The molecule has 0 amide bonds. The van der Waals surface area contributed by atoms with Crippen molar-refractivity contribution >= 4 is 5.96 Å². The first-order valence-corrected chi connectivity index (χ1v) is 8.99. The molecule has 1 heterocycles. The molecule has 0 aliphatic rings. The Balaban J connectivity index is 1.87. The topological polar surface area (TPSA) is 50.6 Å². The Hall–Kier alpha value is -2.27. The van der Waals surface area contributed by atoms with Crippen LogP contribution in [0.2, 0.25) is 0 Å². The molecular formula is C20H30N4O. The summed E-state index contributed by atoms with van der Waals surface area (Å²) in [5, 5.41) is 6.67. The van der Waals surface area contributed by atoms with Gasteiger partial charge in [0.15, 0.2) is 5.96 Å². The third-order valence-electron chi connectivity index (χ3n) is 3.67. The van der Waals surface area contributed by atoms with E-state index in [2.05, 4.69) is 77.6 Å². The van der Waals surface area contributed by atoms with E-state index in [1.165, 1.54) is 11.1 Å². The van der Waals surface area contributed by atoms with E-state index in [4.69, 9.17) is 4.74 Å². The molecule has 1 aromatic heterocycles. The second-order valence-electron chi connectivity index (χ2n) is 6.22. The zero-order valence-electron chi connectivity index (χ0n) is 15.5. The molecule has 0 bridgehead atoms. The maximum absolute atomic E-state index is 5.67. The Morgan fingerprint density at radius 1 is 1.12 bits per heavy atom. The molecular weight excluding hydrogens is 312 g/mol. The van der Waals surface area contributed by atoms with E-state index in [9.17, 15) is 0 Å². The smallest absolute Gasteiger partial charge is 0.191 e. The van der Waals surface area contributed by atoms with Gasteiger partial charge >= 0.3 is 0 Å². The van der Waals surface area contributed by atoms with Crippen LogP contribution in [0.15, 0.2) is 53.8 Å². The van der Waals surface area contributed by atoms with E-state index < -0.39 is 0 Å². The van der Waals surface area contributed by atoms with Gasteiger partial charge in [-0.25, -0.2) is 4.99 Å². The number of hydrogen-bond acceptors (Lipinski definition) is 2. The summed E-state index contributed by atoms with van der Waals surface area (Å²) < 4.78 is 7.82. The average Bonchev–Trinajstić information content (AvgIpc) is 3.12. The van der Waals surface area contributed by atoms with E-state index in [-0.39, 0.29) is 6.10 Å². The van der Waals surface area contributed by atoms with Gasteiger partial charge in [-0.05, 0) is 44.0 Å². The van der Waals surface area contributed by atoms with Gasteiger partial charge in [-0.15, -0.1) is 0 Å². The van der Waals surface area contributed by atoms with Crippen LogP contribution in [0.4, 0.5) is 0 Å². The summed E-state index contributed by atoms with van der Waals surface area (Å²) in [4.78, 5) is 4.68. The Morgan fingerprint density at radius 3 is 2.60 bits per heavy atom. The quantitative estimate of drug-likeness (QED) is 0.544. The van der Waals surface area contributed by atoms with Gasteiger partial charge in [-0.1, -0.05) is 24.3 Å². The summed E-state index contributed by atoms with van der Waals surface area (Å²) in [6.07, 6.45) is 4.37. The first-order valence-electron chi connectivity index (χ1n) is 8.99. The van der Waals surface area contributed by atoms with Crippen LogP contribution in [-0.4, -0.2) is 29.7 Å². The molecule has 136 valence electrons. The van der Waals surface area contributed by atoms with E-state index in [1.807, 2.05) is 12.1 Å². The van der Waals surface area contributed by atoms with Crippen molar-refractivity contribution in [3.63, 3.8) is 0 Å². The molecule has 0 aliphatic heterocycles.